The number of esters is 1. The number of carbonyl (C=O) groups is 2. The molecule has 2 aromatic carbocycles. The Kier molecular flexibility index (Phi) is 5.39. The van der Waals surface area contributed by atoms with Gasteiger partial charge in [0.05, 0.1) is 16.6 Å². The van der Waals surface area contributed by atoms with Crippen LogP contribution in [-0.2, 0) is 14.3 Å². The van der Waals surface area contributed by atoms with E-state index in [1.807, 2.05) is 0 Å². The second kappa shape index (κ2) is 7.54. The highest BCUT2D eigenvalue weighted by atomic mass is 79.9. The third-order valence-electron chi connectivity index (χ3n) is 3.94. The molecule has 0 saturated heterocycles. The fraction of sp³-hybridized carbons (Fsp3) is 0.222. The largest absolute Gasteiger partial charge is 0.455 e. The van der Waals surface area contributed by atoms with Crippen LogP contribution in [0.15, 0.2) is 46.9 Å². The van der Waals surface area contributed by atoms with Crippen LogP contribution in [0.5, 0.6) is 0 Å². The van der Waals surface area contributed by atoms with E-state index in [9.17, 15) is 14.0 Å². The number of amides is 1. The molecule has 0 aromatic heterocycles. The number of anilines is 1. The molecular weight excluding hydrogens is 413 g/mol. The second-order valence-electron chi connectivity index (χ2n) is 5.78. The SMILES string of the molecule is O=C(COC(=O)C1CC1c1ccc(F)cc1)Nc1ccc(Br)cc1Cl. The Morgan fingerprint density at radius 3 is 2.64 bits per heavy atom. The van der Waals surface area contributed by atoms with Gasteiger partial charge in [0.25, 0.3) is 5.91 Å². The maximum Gasteiger partial charge on any atom is 0.310 e. The molecule has 1 N–H and O–H groups in total. The zero-order chi connectivity index (χ0) is 18.0. The van der Waals surface area contributed by atoms with E-state index in [4.69, 9.17) is 16.3 Å². The molecule has 1 amide bonds. The first-order chi connectivity index (χ1) is 11.9. The molecule has 1 aliphatic carbocycles. The Morgan fingerprint density at radius 2 is 1.96 bits per heavy atom. The smallest absolute Gasteiger partial charge is 0.310 e. The Balaban J connectivity index is 1.48. The van der Waals surface area contributed by atoms with Crippen molar-refractivity contribution >= 4 is 45.1 Å². The zero-order valence-corrected chi connectivity index (χ0v) is 15.3. The van der Waals surface area contributed by atoms with Crippen LogP contribution in [-0.4, -0.2) is 18.5 Å². The highest BCUT2D eigenvalue weighted by molar-refractivity contribution is 9.10. The van der Waals surface area contributed by atoms with Gasteiger partial charge in [0.1, 0.15) is 5.82 Å². The molecule has 1 saturated carbocycles. The van der Waals surface area contributed by atoms with Crippen molar-refractivity contribution in [1.29, 1.82) is 0 Å². The number of hydrogen-bond acceptors (Lipinski definition) is 3. The van der Waals surface area contributed by atoms with E-state index < -0.39 is 11.9 Å². The van der Waals surface area contributed by atoms with Crippen LogP contribution in [0.1, 0.15) is 17.9 Å². The highest BCUT2D eigenvalue weighted by Crippen LogP contribution is 2.48. The fourth-order valence-corrected chi connectivity index (χ4v) is 3.28. The molecule has 2 aromatic rings. The molecule has 0 aliphatic heterocycles. The van der Waals surface area contributed by atoms with Crippen LogP contribution in [0.25, 0.3) is 0 Å². The van der Waals surface area contributed by atoms with Crippen LogP contribution < -0.4 is 5.32 Å². The molecule has 25 heavy (non-hydrogen) atoms. The highest BCUT2D eigenvalue weighted by Gasteiger charge is 2.45. The summed E-state index contributed by atoms with van der Waals surface area (Å²) in [6.07, 6.45) is 0.643. The molecule has 0 heterocycles. The third kappa shape index (κ3) is 4.58. The van der Waals surface area contributed by atoms with E-state index in [2.05, 4.69) is 21.2 Å². The van der Waals surface area contributed by atoms with Gasteiger partial charge >= 0.3 is 5.97 Å². The molecule has 4 nitrogen and oxygen atoms in total. The zero-order valence-electron chi connectivity index (χ0n) is 13.0. The number of hydrogen-bond donors (Lipinski definition) is 1. The minimum absolute atomic E-state index is 0.0251. The van der Waals surface area contributed by atoms with Gasteiger partial charge in [-0.1, -0.05) is 39.7 Å². The van der Waals surface area contributed by atoms with E-state index in [-0.39, 0.29) is 24.3 Å². The summed E-state index contributed by atoms with van der Waals surface area (Å²) in [4.78, 5) is 23.9. The first-order valence-corrected chi connectivity index (χ1v) is 8.78. The van der Waals surface area contributed by atoms with Crippen molar-refractivity contribution in [2.45, 2.75) is 12.3 Å². The van der Waals surface area contributed by atoms with Gasteiger partial charge in [0.15, 0.2) is 6.61 Å². The lowest BCUT2D eigenvalue weighted by Crippen LogP contribution is -2.21. The van der Waals surface area contributed by atoms with Gasteiger partial charge in [0.2, 0.25) is 0 Å². The van der Waals surface area contributed by atoms with Gasteiger partial charge < -0.3 is 10.1 Å². The van der Waals surface area contributed by atoms with Gasteiger partial charge in [-0.2, -0.15) is 0 Å². The van der Waals surface area contributed by atoms with E-state index in [0.29, 0.717) is 17.1 Å². The lowest BCUT2D eigenvalue weighted by Gasteiger charge is -2.08. The van der Waals surface area contributed by atoms with Gasteiger partial charge in [-0.25, -0.2) is 4.39 Å². The Morgan fingerprint density at radius 1 is 1.24 bits per heavy atom. The average molecular weight is 427 g/mol. The maximum absolute atomic E-state index is 12.9. The number of halogens is 3. The molecule has 130 valence electrons. The Labute approximate surface area is 157 Å². The van der Waals surface area contributed by atoms with Crippen molar-refractivity contribution in [3.05, 3.63) is 63.3 Å². The molecule has 2 atom stereocenters. The van der Waals surface area contributed by atoms with Crippen molar-refractivity contribution in [1.82, 2.24) is 0 Å². The minimum Gasteiger partial charge on any atom is -0.455 e. The summed E-state index contributed by atoms with van der Waals surface area (Å²) >= 11 is 9.29. The van der Waals surface area contributed by atoms with E-state index in [1.54, 1.807) is 30.3 Å². The molecule has 7 heteroatoms. The summed E-state index contributed by atoms with van der Waals surface area (Å²) in [6, 6.07) is 11.1. The summed E-state index contributed by atoms with van der Waals surface area (Å²) in [7, 11) is 0. The first-order valence-electron chi connectivity index (χ1n) is 7.61. The monoisotopic (exact) mass is 425 g/mol. The number of nitrogens with one attached hydrogen (secondary N) is 1. The molecule has 2 unspecified atom stereocenters. The van der Waals surface area contributed by atoms with E-state index >= 15 is 0 Å². The molecule has 1 aliphatic rings. The molecule has 3 rings (SSSR count). The Hall–Kier alpha value is -1.92. The van der Waals surface area contributed by atoms with Gasteiger partial charge in [-0.05, 0) is 48.2 Å². The third-order valence-corrected chi connectivity index (χ3v) is 4.75. The van der Waals surface area contributed by atoms with Crippen molar-refractivity contribution in [2.75, 3.05) is 11.9 Å². The lowest BCUT2D eigenvalue weighted by atomic mass is 10.1. The van der Waals surface area contributed by atoms with Crippen LogP contribution in [0, 0.1) is 11.7 Å². The predicted octanol–water partition coefficient (Wildman–Crippen LogP) is 4.53. The summed E-state index contributed by atoms with van der Waals surface area (Å²) in [5.41, 5.74) is 1.34. The maximum atomic E-state index is 12.9. The lowest BCUT2D eigenvalue weighted by molar-refractivity contribution is -0.148. The summed E-state index contributed by atoms with van der Waals surface area (Å²) < 4.78 is 18.8. The average Bonchev–Trinajstić information content (AvgIpc) is 3.37. The van der Waals surface area contributed by atoms with Crippen LogP contribution in [0.3, 0.4) is 0 Å². The van der Waals surface area contributed by atoms with Crippen LogP contribution in [0.2, 0.25) is 5.02 Å². The molecule has 0 radical (unpaired) electrons. The van der Waals surface area contributed by atoms with Crippen LogP contribution >= 0.6 is 27.5 Å². The fourth-order valence-electron chi connectivity index (χ4n) is 2.55. The summed E-state index contributed by atoms with van der Waals surface area (Å²) in [5.74, 6) is -1.46. The summed E-state index contributed by atoms with van der Waals surface area (Å²) in [6.45, 7) is -0.377. The van der Waals surface area contributed by atoms with Crippen molar-refractivity contribution < 1.29 is 18.7 Å². The standard InChI is InChI=1S/C18H14BrClFNO3/c19-11-3-6-16(15(20)7-11)22-17(23)9-25-18(24)14-8-13(14)10-1-4-12(21)5-2-10/h1-7,13-14H,8-9H2,(H,22,23). The summed E-state index contributed by atoms with van der Waals surface area (Å²) in [5, 5.41) is 2.97. The Bertz CT molecular complexity index is 812. The van der Waals surface area contributed by atoms with Crippen molar-refractivity contribution in [3.63, 3.8) is 0 Å². The normalized spacial score (nSPS) is 18.5. The predicted molar refractivity (Wildman–Crippen MR) is 96.0 cm³/mol. The second-order valence-corrected chi connectivity index (χ2v) is 7.10. The number of benzene rings is 2. The first kappa shape index (κ1) is 17.9. The van der Waals surface area contributed by atoms with Gasteiger partial charge in [0, 0.05) is 4.47 Å². The van der Waals surface area contributed by atoms with Gasteiger partial charge in [-0.3, -0.25) is 9.59 Å². The quantitative estimate of drug-likeness (QED) is 0.715. The number of rotatable bonds is 5. The van der Waals surface area contributed by atoms with Gasteiger partial charge in [-0.15, -0.1) is 0 Å². The number of ether oxygens (including phenoxy) is 1. The van der Waals surface area contributed by atoms with Crippen LogP contribution in [0.4, 0.5) is 10.1 Å². The number of carbonyl (C=O) groups excluding carboxylic acids is 2. The van der Waals surface area contributed by atoms with Crippen molar-refractivity contribution in [2.24, 2.45) is 5.92 Å². The topological polar surface area (TPSA) is 55.4 Å². The van der Waals surface area contributed by atoms with Crippen molar-refractivity contribution in [3.8, 4) is 0 Å². The van der Waals surface area contributed by atoms with E-state index in [0.717, 1.165) is 10.0 Å². The molecule has 1 fully saturated rings. The van der Waals surface area contributed by atoms with E-state index in [1.165, 1.54) is 12.1 Å². The minimum atomic E-state index is -0.462. The molecular formula is C18H14BrClFNO3. The molecule has 0 spiro atoms. The molecule has 0 bridgehead atoms.